The summed E-state index contributed by atoms with van der Waals surface area (Å²) < 4.78 is 11.2. The van der Waals surface area contributed by atoms with Crippen molar-refractivity contribution in [3.8, 4) is 17.1 Å². The number of halogens is 1. The van der Waals surface area contributed by atoms with Crippen molar-refractivity contribution < 1.29 is 9.15 Å². The van der Waals surface area contributed by atoms with Gasteiger partial charge in [-0.05, 0) is 42.0 Å². The van der Waals surface area contributed by atoms with Crippen LogP contribution in [0.25, 0.3) is 11.3 Å². The highest BCUT2D eigenvalue weighted by molar-refractivity contribution is 6.30. The Labute approximate surface area is 170 Å². The Morgan fingerprint density at radius 3 is 2.21 bits per heavy atom. The molecule has 0 radical (unpaired) electrons. The largest absolute Gasteiger partial charge is 0.497 e. The van der Waals surface area contributed by atoms with E-state index in [2.05, 4.69) is 26.9 Å². The van der Waals surface area contributed by atoms with Crippen molar-refractivity contribution in [2.45, 2.75) is 13.1 Å². The molecule has 0 spiro atoms. The van der Waals surface area contributed by atoms with Crippen LogP contribution in [0.3, 0.4) is 0 Å². The maximum absolute atomic E-state index is 5.95. The van der Waals surface area contributed by atoms with Gasteiger partial charge in [-0.2, -0.15) is 0 Å². The van der Waals surface area contributed by atoms with Gasteiger partial charge in [0.05, 0.1) is 19.9 Å². The second kappa shape index (κ2) is 8.78. The molecule has 1 saturated heterocycles. The van der Waals surface area contributed by atoms with Gasteiger partial charge in [-0.25, -0.2) is 4.98 Å². The lowest BCUT2D eigenvalue weighted by Crippen LogP contribution is -2.45. The Bertz CT molecular complexity index is 885. The lowest BCUT2D eigenvalue weighted by atomic mass is 10.2. The molecule has 146 valence electrons. The minimum Gasteiger partial charge on any atom is -0.497 e. The highest BCUT2D eigenvalue weighted by Crippen LogP contribution is 2.23. The van der Waals surface area contributed by atoms with Gasteiger partial charge in [0.25, 0.3) is 0 Å². The quantitative estimate of drug-likeness (QED) is 0.619. The summed E-state index contributed by atoms with van der Waals surface area (Å²) >= 11 is 5.95. The molecule has 1 aliphatic rings. The van der Waals surface area contributed by atoms with Crippen LogP contribution in [0.15, 0.2) is 59.1 Å². The van der Waals surface area contributed by atoms with E-state index in [4.69, 9.17) is 20.8 Å². The maximum atomic E-state index is 5.95. The summed E-state index contributed by atoms with van der Waals surface area (Å²) in [6, 6.07) is 15.9. The van der Waals surface area contributed by atoms with E-state index in [-0.39, 0.29) is 0 Å². The van der Waals surface area contributed by atoms with Gasteiger partial charge in [0.1, 0.15) is 5.75 Å². The fourth-order valence-electron chi connectivity index (χ4n) is 3.42. The second-order valence-electron chi connectivity index (χ2n) is 7.03. The van der Waals surface area contributed by atoms with Crippen molar-refractivity contribution in [1.82, 2.24) is 14.8 Å². The van der Waals surface area contributed by atoms with Crippen LogP contribution in [0, 0.1) is 0 Å². The standard InChI is InChI=1S/C22H24ClN3O2/c1-27-20-8-2-17(3-9-20)15-25-10-12-26(13-11-25)16-22-24-14-21(28-22)18-4-6-19(23)7-5-18/h2-9,14H,10-13,15-16H2,1H3. The van der Waals surface area contributed by atoms with Gasteiger partial charge in [0.2, 0.25) is 5.89 Å². The number of hydrogen-bond donors (Lipinski definition) is 0. The predicted octanol–water partition coefficient (Wildman–Crippen LogP) is 4.32. The zero-order valence-electron chi connectivity index (χ0n) is 16.0. The molecule has 6 heteroatoms. The van der Waals surface area contributed by atoms with Gasteiger partial charge < -0.3 is 9.15 Å². The van der Waals surface area contributed by atoms with E-state index >= 15 is 0 Å². The van der Waals surface area contributed by atoms with Gasteiger partial charge in [0, 0.05) is 43.3 Å². The normalized spacial score (nSPS) is 15.6. The van der Waals surface area contributed by atoms with Gasteiger partial charge in [-0.1, -0.05) is 23.7 Å². The molecule has 2 heterocycles. The number of ether oxygens (including phenoxy) is 1. The molecule has 1 aliphatic heterocycles. The van der Waals surface area contributed by atoms with Crippen LogP contribution in [-0.2, 0) is 13.1 Å². The Balaban J connectivity index is 1.28. The molecule has 4 rings (SSSR count). The van der Waals surface area contributed by atoms with E-state index in [0.717, 1.165) is 67.3 Å². The van der Waals surface area contributed by atoms with E-state index in [9.17, 15) is 0 Å². The Kier molecular flexibility index (Phi) is 5.95. The molecule has 2 aromatic carbocycles. The molecule has 0 amide bonds. The van der Waals surface area contributed by atoms with E-state index in [1.807, 2.05) is 36.4 Å². The van der Waals surface area contributed by atoms with Crippen molar-refractivity contribution in [3.63, 3.8) is 0 Å². The highest BCUT2D eigenvalue weighted by Gasteiger charge is 2.19. The molecule has 0 atom stereocenters. The third-order valence-electron chi connectivity index (χ3n) is 5.07. The summed E-state index contributed by atoms with van der Waals surface area (Å²) in [4.78, 5) is 9.32. The van der Waals surface area contributed by atoms with Crippen molar-refractivity contribution in [2.24, 2.45) is 0 Å². The zero-order chi connectivity index (χ0) is 19.3. The Hall–Kier alpha value is -2.34. The van der Waals surface area contributed by atoms with Crippen molar-refractivity contribution in [1.29, 1.82) is 0 Å². The topological polar surface area (TPSA) is 41.7 Å². The molecule has 0 aliphatic carbocycles. The SMILES string of the molecule is COc1ccc(CN2CCN(Cc3ncc(-c4ccc(Cl)cc4)o3)CC2)cc1. The van der Waals surface area contributed by atoms with Crippen molar-refractivity contribution in [3.05, 3.63) is 71.2 Å². The number of oxazole rings is 1. The first-order valence-corrected chi connectivity index (χ1v) is 9.86. The Morgan fingerprint density at radius 1 is 0.929 bits per heavy atom. The molecule has 1 fully saturated rings. The smallest absolute Gasteiger partial charge is 0.209 e. The number of piperazine rings is 1. The van der Waals surface area contributed by atoms with Crippen LogP contribution in [-0.4, -0.2) is 48.1 Å². The minimum atomic E-state index is 0.719. The van der Waals surface area contributed by atoms with Crippen LogP contribution >= 0.6 is 11.6 Å². The van der Waals surface area contributed by atoms with Crippen LogP contribution in [0.5, 0.6) is 5.75 Å². The van der Waals surface area contributed by atoms with Gasteiger partial charge >= 0.3 is 0 Å². The highest BCUT2D eigenvalue weighted by atomic mass is 35.5. The fourth-order valence-corrected chi connectivity index (χ4v) is 3.54. The van der Waals surface area contributed by atoms with Crippen LogP contribution in [0.2, 0.25) is 5.02 Å². The zero-order valence-corrected chi connectivity index (χ0v) is 16.7. The third kappa shape index (κ3) is 4.73. The summed E-state index contributed by atoms with van der Waals surface area (Å²) in [5.74, 6) is 2.44. The number of nitrogens with zero attached hydrogens (tertiary/aromatic N) is 3. The maximum Gasteiger partial charge on any atom is 0.209 e. The molecule has 1 aromatic heterocycles. The molecule has 5 nitrogen and oxygen atoms in total. The van der Waals surface area contributed by atoms with E-state index in [1.165, 1.54) is 5.56 Å². The Morgan fingerprint density at radius 2 is 1.57 bits per heavy atom. The number of methoxy groups -OCH3 is 1. The van der Waals surface area contributed by atoms with Gasteiger partial charge in [-0.15, -0.1) is 0 Å². The molecule has 28 heavy (non-hydrogen) atoms. The molecule has 3 aromatic rings. The first kappa shape index (κ1) is 19.0. The van der Waals surface area contributed by atoms with Gasteiger partial charge in [-0.3, -0.25) is 9.80 Å². The number of hydrogen-bond acceptors (Lipinski definition) is 5. The lowest BCUT2D eigenvalue weighted by molar-refractivity contribution is 0.114. The van der Waals surface area contributed by atoms with Crippen molar-refractivity contribution in [2.75, 3.05) is 33.3 Å². The molecular formula is C22H24ClN3O2. The number of aromatic nitrogens is 1. The summed E-state index contributed by atoms with van der Waals surface area (Å²) in [6.07, 6.45) is 1.79. The molecule has 0 saturated carbocycles. The summed E-state index contributed by atoms with van der Waals surface area (Å²) in [7, 11) is 1.69. The number of benzene rings is 2. The monoisotopic (exact) mass is 397 g/mol. The number of rotatable bonds is 6. The summed E-state index contributed by atoms with van der Waals surface area (Å²) in [5, 5.41) is 0.719. The lowest BCUT2D eigenvalue weighted by Gasteiger charge is -2.34. The summed E-state index contributed by atoms with van der Waals surface area (Å²) in [6.45, 7) is 5.80. The summed E-state index contributed by atoms with van der Waals surface area (Å²) in [5.41, 5.74) is 2.31. The van der Waals surface area contributed by atoms with Crippen molar-refractivity contribution >= 4 is 11.6 Å². The third-order valence-corrected chi connectivity index (χ3v) is 5.32. The molecule has 0 bridgehead atoms. The van der Waals surface area contributed by atoms with E-state index in [1.54, 1.807) is 13.3 Å². The average molecular weight is 398 g/mol. The first-order chi connectivity index (χ1) is 13.7. The van der Waals surface area contributed by atoms with E-state index in [0.29, 0.717) is 0 Å². The predicted molar refractivity (Wildman–Crippen MR) is 110 cm³/mol. The van der Waals surface area contributed by atoms with E-state index < -0.39 is 0 Å². The molecule has 0 N–H and O–H groups in total. The first-order valence-electron chi connectivity index (χ1n) is 9.48. The van der Waals surface area contributed by atoms with Gasteiger partial charge in [0.15, 0.2) is 5.76 Å². The van der Waals surface area contributed by atoms with Crippen LogP contribution in [0.4, 0.5) is 0 Å². The fraction of sp³-hybridized carbons (Fsp3) is 0.318. The molecule has 0 unspecified atom stereocenters. The second-order valence-corrected chi connectivity index (χ2v) is 7.46. The van der Waals surface area contributed by atoms with Crippen LogP contribution in [0.1, 0.15) is 11.5 Å². The average Bonchev–Trinajstić information content (AvgIpc) is 3.19. The minimum absolute atomic E-state index is 0.719. The van der Waals surface area contributed by atoms with Crippen LogP contribution < -0.4 is 4.74 Å². The molecular weight excluding hydrogens is 374 g/mol.